The minimum Gasteiger partial charge on any atom is -0.457 e. The summed E-state index contributed by atoms with van der Waals surface area (Å²) in [6, 6.07) is 3.36. The smallest absolute Gasteiger partial charge is 0.228 e. The summed E-state index contributed by atoms with van der Waals surface area (Å²) in [4.78, 5) is 16.3. The summed E-state index contributed by atoms with van der Waals surface area (Å²) < 4.78 is 19.7. The van der Waals surface area contributed by atoms with Crippen LogP contribution in [0.1, 0.15) is 46.0 Å². The Kier molecular flexibility index (Phi) is 4.69. The van der Waals surface area contributed by atoms with Gasteiger partial charge in [0.05, 0.1) is 0 Å². The minimum absolute atomic E-state index is 0.0155. The molecule has 128 valence electrons. The Morgan fingerprint density at radius 3 is 2.83 bits per heavy atom. The van der Waals surface area contributed by atoms with E-state index in [-0.39, 0.29) is 17.7 Å². The van der Waals surface area contributed by atoms with E-state index in [9.17, 15) is 9.18 Å². The van der Waals surface area contributed by atoms with Crippen molar-refractivity contribution >= 4 is 11.7 Å². The van der Waals surface area contributed by atoms with Crippen LogP contribution in [-0.2, 0) is 4.79 Å². The van der Waals surface area contributed by atoms with Crippen LogP contribution in [0.25, 0.3) is 0 Å². The highest BCUT2D eigenvalue weighted by Crippen LogP contribution is 2.37. The lowest BCUT2D eigenvalue weighted by atomic mass is 9.84. The van der Waals surface area contributed by atoms with Crippen molar-refractivity contribution < 1.29 is 13.9 Å². The van der Waals surface area contributed by atoms with Crippen molar-refractivity contribution in [1.29, 1.82) is 0 Å². The minimum atomic E-state index is -0.481. The fraction of sp³-hybridized carbons (Fsp3) is 0.474. The summed E-state index contributed by atoms with van der Waals surface area (Å²) in [7, 11) is 0. The number of ether oxygens (including phenoxy) is 1. The van der Waals surface area contributed by atoms with E-state index in [0.717, 1.165) is 25.7 Å². The highest BCUT2D eigenvalue weighted by Gasteiger charge is 2.27. The number of nitrogens with one attached hydrogen (secondary N) is 1. The third-order valence-electron chi connectivity index (χ3n) is 4.67. The molecular formula is C19H23FN2O2. The van der Waals surface area contributed by atoms with Crippen LogP contribution in [0.5, 0.6) is 5.75 Å². The van der Waals surface area contributed by atoms with Gasteiger partial charge in [-0.15, -0.1) is 0 Å². The molecule has 0 aliphatic heterocycles. The maximum absolute atomic E-state index is 14.0. The van der Waals surface area contributed by atoms with Crippen molar-refractivity contribution in [3.8, 4) is 5.75 Å². The first kappa shape index (κ1) is 16.7. The number of pyridine rings is 1. The predicted molar refractivity (Wildman–Crippen MR) is 91.1 cm³/mol. The third kappa shape index (κ3) is 3.83. The first-order valence-corrected chi connectivity index (χ1v) is 8.47. The maximum atomic E-state index is 14.0. The average Bonchev–Trinajstić information content (AvgIpc) is 3.06. The average molecular weight is 330 g/mol. The standard InChI is InChI=1S/C19H23FN2O2/c1-19(2)9-7-14(11-16(19)20)24-15-8-10-21-17(12-15)22-18(23)13-5-3-4-6-13/h7-8,10-13H,3-6,9H2,1-2H3,(H,21,22,23). The molecule has 0 unspecified atom stereocenters. The number of nitrogens with zero attached hydrogens (tertiary/aromatic N) is 1. The Labute approximate surface area is 141 Å². The first-order valence-electron chi connectivity index (χ1n) is 8.47. The molecule has 3 rings (SSSR count). The predicted octanol–water partition coefficient (Wildman–Crippen LogP) is 4.76. The van der Waals surface area contributed by atoms with Gasteiger partial charge in [0.15, 0.2) is 0 Å². The number of hydrogen-bond donors (Lipinski definition) is 1. The van der Waals surface area contributed by atoms with Crippen molar-refractivity contribution in [3.05, 3.63) is 42.1 Å². The van der Waals surface area contributed by atoms with Gasteiger partial charge < -0.3 is 10.1 Å². The maximum Gasteiger partial charge on any atom is 0.228 e. The zero-order valence-electron chi connectivity index (χ0n) is 14.1. The van der Waals surface area contributed by atoms with Crippen LogP contribution >= 0.6 is 0 Å². The number of amides is 1. The second kappa shape index (κ2) is 6.75. The summed E-state index contributed by atoms with van der Waals surface area (Å²) in [5.41, 5.74) is -0.481. The second-order valence-electron chi connectivity index (χ2n) is 7.14. The molecule has 4 nitrogen and oxygen atoms in total. The summed E-state index contributed by atoms with van der Waals surface area (Å²) in [6.45, 7) is 3.71. The van der Waals surface area contributed by atoms with Gasteiger partial charge in [0.1, 0.15) is 23.2 Å². The Morgan fingerprint density at radius 2 is 2.12 bits per heavy atom. The second-order valence-corrected chi connectivity index (χ2v) is 7.14. The molecule has 0 aromatic carbocycles. The molecule has 1 heterocycles. The van der Waals surface area contributed by atoms with E-state index in [0.29, 0.717) is 23.7 Å². The number of carbonyl (C=O) groups is 1. The quantitative estimate of drug-likeness (QED) is 0.866. The molecule has 0 spiro atoms. The molecule has 5 heteroatoms. The first-order chi connectivity index (χ1) is 11.4. The van der Waals surface area contributed by atoms with E-state index < -0.39 is 5.41 Å². The zero-order chi connectivity index (χ0) is 17.2. The molecule has 1 saturated carbocycles. The number of aromatic nitrogens is 1. The van der Waals surface area contributed by atoms with Crippen molar-refractivity contribution in [3.63, 3.8) is 0 Å². The van der Waals surface area contributed by atoms with E-state index in [1.54, 1.807) is 18.3 Å². The summed E-state index contributed by atoms with van der Waals surface area (Å²) >= 11 is 0. The van der Waals surface area contributed by atoms with Crippen molar-refractivity contribution in [2.45, 2.75) is 46.0 Å². The normalized spacial score (nSPS) is 20.3. The third-order valence-corrected chi connectivity index (χ3v) is 4.67. The Balaban J connectivity index is 1.65. The molecule has 0 bridgehead atoms. The molecule has 1 amide bonds. The molecule has 1 fully saturated rings. The number of carbonyl (C=O) groups excluding carboxylic acids is 1. The molecule has 1 N–H and O–H groups in total. The highest BCUT2D eigenvalue weighted by atomic mass is 19.1. The molecule has 1 aromatic rings. The van der Waals surface area contributed by atoms with E-state index in [2.05, 4.69) is 10.3 Å². The Hall–Kier alpha value is -2.17. The molecule has 24 heavy (non-hydrogen) atoms. The van der Waals surface area contributed by atoms with Crippen LogP contribution in [0.3, 0.4) is 0 Å². The van der Waals surface area contributed by atoms with Crippen LogP contribution in [0.2, 0.25) is 0 Å². The van der Waals surface area contributed by atoms with E-state index in [4.69, 9.17) is 4.74 Å². The van der Waals surface area contributed by atoms with Gasteiger partial charge in [0.25, 0.3) is 0 Å². The molecule has 0 atom stereocenters. The van der Waals surface area contributed by atoms with Crippen LogP contribution in [0.4, 0.5) is 10.2 Å². The topological polar surface area (TPSA) is 51.2 Å². The van der Waals surface area contributed by atoms with Crippen LogP contribution in [0, 0.1) is 11.3 Å². The van der Waals surface area contributed by atoms with Crippen molar-refractivity contribution in [2.24, 2.45) is 11.3 Å². The van der Waals surface area contributed by atoms with Crippen molar-refractivity contribution in [1.82, 2.24) is 4.98 Å². The van der Waals surface area contributed by atoms with Crippen LogP contribution in [-0.4, -0.2) is 10.9 Å². The summed E-state index contributed by atoms with van der Waals surface area (Å²) in [5, 5.41) is 2.84. The lowest BCUT2D eigenvalue weighted by molar-refractivity contribution is -0.119. The Bertz CT molecular complexity index is 688. The van der Waals surface area contributed by atoms with Gasteiger partial charge in [0, 0.05) is 29.7 Å². The molecule has 2 aliphatic carbocycles. The lowest BCUT2D eigenvalue weighted by Crippen LogP contribution is -2.20. The molecular weight excluding hydrogens is 307 g/mol. The Morgan fingerprint density at radius 1 is 1.38 bits per heavy atom. The van der Waals surface area contributed by atoms with Gasteiger partial charge >= 0.3 is 0 Å². The molecule has 0 radical (unpaired) electrons. The van der Waals surface area contributed by atoms with Gasteiger partial charge in [-0.1, -0.05) is 26.7 Å². The summed E-state index contributed by atoms with van der Waals surface area (Å²) in [5.74, 6) is 1.38. The van der Waals surface area contributed by atoms with Gasteiger partial charge in [-0.05, 0) is 31.4 Å². The summed E-state index contributed by atoms with van der Waals surface area (Å²) in [6.07, 6.45) is 9.55. The van der Waals surface area contributed by atoms with E-state index in [1.807, 2.05) is 19.9 Å². The molecule has 0 saturated heterocycles. The fourth-order valence-electron chi connectivity index (χ4n) is 3.00. The van der Waals surface area contributed by atoms with E-state index in [1.165, 1.54) is 6.08 Å². The number of anilines is 1. The molecule has 2 aliphatic rings. The number of rotatable bonds is 4. The van der Waals surface area contributed by atoms with Crippen LogP contribution in [0.15, 0.2) is 42.1 Å². The van der Waals surface area contributed by atoms with Gasteiger partial charge in [0.2, 0.25) is 5.91 Å². The molecule has 1 aromatic heterocycles. The number of halogens is 1. The highest BCUT2D eigenvalue weighted by molar-refractivity contribution is 5.91. The largest absolute Gasteiger partial charge is 0.457 e. The van der Waals surface area contributed by atoms with E-state index >= 15 is 0 Å². The lowest BCUT2D eigenvalue weighted by Gasteiger charge is -2.25. The zero-order valence-corrected chi connectivity index (χ0v) is 14.1. The monoisotopic (exact) mass is 330 g/mol. The van der Waals surface area contributed by atoms with Gasteiger partial charge in [-0.2, -0.15) is 0 Å². The van der Waals surface area contributed by atoms with Gasteiger partial charge in [-0.3, -0.25) is 4.79 Å². The number of hydrogen-bond acceptors (Lipinski definition) is 3. The number of allylic oxidation sites excluding steroid dienone is 3. The van der Waals surface area contributed by atoms with Crippen LogP contribution < -0.4 is 10.1 Å². The fourth-order valence-corrected chi connectivity index (χ4v) is 3.00. The van der Waals surface area contributed by atoms with Gasteiger partial charge in [-0.25, -0.2) is 9.37 Å². The SMILES string of the molecule is CC1(C)CC=C(Oc2ccnc(NC(=O)C3CCCC3)c2)C=C1F. The van der Waals surface area contributed by atoms with Crippen molar-refractivity contribution in [2.75, 3.05) is 5.32 Å².